The van der Waals surface area contributed by atoms with Crippen molar-refractivity contribution in [3.63, 3.8) is 0 Å². The van der Waals surface area contributed by atoms with Crippen LogP contribution in [0.1, 0.15) is 28.9 Å². The Labute approximate surface area is 138 Å². The maximum Gasteiger partial charge on any atom is 0.214 e. The van der Waals surface area contributed by atoms with Gasteiger partial charge in [-0.1, -0.05) is 36.0 Å². The van der Waals surface area contributed by atoms with Gasteiger partial charge in [0.25, 0.3) is 0 Å². The molecule has 1 aromatic heterocycles. The second-order valence-corrected chi connectivity index (χ2v) is 6.71. The Morgan fingerprint density at radius 2 is 1.83 bits per heavy atom. The van der Waals surface area contributed by atoms with Gasteiger partial charge in [-0.15, -0.1) is 5.10 Å². The van der Waals surface area contributed by atoms with Crippen LogP contribution < -0.4 is 0 Å². The number of aryl methyl sites for hydroxylation is 1. The molecule has 0 aliphatic rings. The molecular formula is C17H17FN4S. The summed E-state index contributed by atoms with van der Waals surface area (Å²) in [7, 11) is 0. The van der Waals surface area contributed by atoms with Gasteiger partial charge in [-0.2, -0.15) is 4.68 Å². The van der Waals surface area contributed by atoms with Crippen LogP contribution in [0, 0.1) is 19.7 Å². The van der Waals surface area contributed by atoms with Crippen molar-refractivity contribution in [2.75, 3.05) is 0 Å². The monoisotopic (exact) mass is 328 g/mol. The van der Waals surface area contributed by atoms with E-state index in [9.17, 15) is 4.39 Å². The average molecular weight is 328 g/mol. The predicted molar refractivity (Wildman–Crippen MR) is 89.3 cm³/mol. The van der Waals surface area contributed by atoms with E-state index < -0.39 is 0 Å². The molecule has 2 aromatic carbocycles. The van der Waals surface area contributed by atoms with Gasteiger partial charge >= 0.3 is 0 Å². The van der Waals surface area contributed by atoms with Gasteiger partial charge in [0, 0.05) is 5.25 Å². The van der Waals surface area contributed by atoms with E-state index in [0.29, 0.717) is 0 Å². The second kappa shape index (κ2) is 6.50. The Hall–Kier alpha value is -2.21. The van der Waals surface area contributed by atoms with Crippen molar-refractivity contribution in [1.82, 2.24) is 20.2 Å². The molecule has 0 saturated heterocycles. The lowest BCUT2D eigenvalue weighted by molar-refractivity contribution is 0.627. The van der Waals surface area contributed by atoms with Crippen LogP contribution in [0.15, 0.2) is 47.6 Å². The zero-order chi connectivity index (χ0) is 16.4. The Bertz CT molecular complexity index is 814. The molecule has 0 saturated carbocycles. The number of rotatable bonds is 4. The van der Waals surface area contributed by atoms with Gasteiger partial charge in [0.2, 0.25) is 5.16 Å². The van der Waals surface area contributed by atoms with E-state index in [1.165, 1.54) is 17.7 Å². The van der Waals surface area contributed by atoms with E-state index in [2.05, 4.69) is 42.4 Å². The summed E-state index contributed by atoms with van der Waals surface area (Å²) in [6.07, 6.45) is 0. The molecule has 3 rings (SSSR count). The van der Waals surface area contributed by atoms with Gasteiger partial charge in [-0.05, 0) is 66.1 Å². The number of nitrogens with zero attached hydrogens (tertiary/aromatic N) is 4. The average Bonchev–Trinajstić information content (AvgIpc) is 2.98. The Balaban J connectivity index is 1.89. The van der Waals surface area contributed by atoms with E-state index in [-0.39, 0.29) is 11.1 Å². The zero-order valence-corrected chi connectivity index (χ0v) is 14.0. The molecule has 118 valence electrons. The topological polar surface area (TPSA) is 43.6 Å². The van der Waals surface area contributed by atoms with Crippen LogP contribution in [0.3, 0.4) is 0 Å². The van der Waals surface area contributed by atoms with Gasteiger partial charge in [0.05, 0.1) is 5.69 Å². The van der Waals surface area contributed by atoms with Crippen molar-refractivity contribution < 1.29 is 4.39 Å². The summed E-state index contributed by atoms with van der Waals surface area (Å²) in [5.74, 6) is -0.230. The molecule has 3 aromatic rings. The van der Waals surface area contributed by atoms with Gasteiger partial charge in [-0.3, -0.25) is 0 Å². The number of tetrazole rings is 1. The lowest BCUT2D eigenvalue weighted by Crippen LogP contribution is -2.03. The molecule has 0 amide bonds. The highest BCUT2D eigenvalue weighted by atomic mass is 32.2. The highest BCUT2D eigenvalue weighted by Gasteiger charge is 2.16. The molecule has 0 bridgehead atoms. The van der Waals surface area contributed by atoms with Crippen molar-refractivity contribution in [2.24, 2.45) is 0 Å². The van der Waals surface area contributed by atoms with Gasteiger partial charge < -0.3 is 0 Å². The molecule has 1 heterocycles. The maximum absolute atomic E-state index is 13.1. The van der Waals surface area contributed by atoms with Crippen molar-refractivity contribution in [3.05, 3.63) is 65.0 Å². The van der Waals surface area contributed by atoms with E-state index in [0.717, 1.165) is 22.0 Å². The van der Waals surface area contributed by atoms with E-state index in [1.807, 2.05) is 12.1 Å². The predicted octanol–water partition coefficient (Wildman–Crippen LogP) is 4.27. The fourth-order valence-corrected chi connectivity index (χ4v) is 3.26. The quantitative estimate of drug-likeness (QED) is 0.671. The number of thioether (sulfide) groups is 1. The zero-order valence-electron chi connectivity index (χ0n) is 13.2. The minimum absolute atomic E-state index is 0.116. The second-order valence-electron chi connectivity index (χ2n) is 5.40. The summed E-state index contributed by atoms with van der Waals surface area (Å²) in [6.45, 7) is 6.18. The summed E-state index contributed by atoms with van der Waals surface area (Å²) in [5.41, 5.74) is 4.35. The fourth-order valence-electron chi connectivity index (χ4n) is 2.33. The van der Waals surface area contributed by atoms with Crippen molar-refractivity contribution in [2.45, 2.75) is 31.2 Å². The van der Waals surface area contributed by atoms with Gasteiger partial charge in [-0.25, -0.2) is 4.39 Å². The number of benzene rings is 2. The first-order chi connectivity index (χ1) is 11.1. The first-order valence-electron chi connectivity index (χ1n) is 7.33. The number of hydrogen-bond donors (Lipinski definition) is 0. The number of aromatic nitrogens is 4. The highest BCUT2D eigenvalue weighted by molar-refractivity contribution is 7.99. The van der Waals surface area contributed by atoms with E-state index in [1.54, 1.807) is 28.6 Å². The summed E-state index contributed by atoms with van der Waals surface area (Å²) in [5, 5.41) is 12.9. The van der Waals surface area contributed by atoms with Gasteiger partial charge in [0.1, 0.15) is 5.82 Å². The minimum atomic E-state index is -0.230. The van der Waals surface area contributed by atoms with Crippen LogP contribution in [0.4, 0.5) is 4.39 Å². The van der Waals surface area contributed by atoms with Crippen molar-refractivity contribution >= 4 is 11.8 Å². The Morgan fingerprint density at radius 3 is 2.57 bits per heavy atom. The summed E-state index contributed by atoms with van der Waals surface area (Å²) < 4.78 is 14.8. The van der Waals surface area contributed by atoms with Crippen molar-refractivity contribution in [3.8, 4) is 5.69 Å². The number of halogens is 1. The third kappa shape index (κ3) is 3.27. The SMILES string of the molecule is Cc1cccc(-n2nnnc2S[C@H](C)c2ccc(F)cc2)c1C. The summed E-state index contributed by atoms with van der Waals surface area (Å²) in [6, 6.07) is 12.6. The molecule has 0 spiro atoms. The molecular weight excluding hydrogens is 311 g/mol. The largest absolute Gasteiger partial charge is 0.214 e. The van der Waals surface area contributed by atoms with Crippen LogP contribution >= 0.6 is 11.8 Å². The van der Waals surface area contributed by atoms with Gasteiger partial charge in [0.15, 0.2) is 0 Å². The van der Waals surface area contributed by atoms with Crippen LogP contribution in [0.25, 0.3) is 5.69 Å². The van der Waals surface area contributed by atoms with Crippen LogP contribution in [0.2, 0.25) is 0 Å². The molecule has 23 heavy (non-hydrogen) atoms. The first-order valence-corrected chi connectivity index (χ1v) is 8.21. The van der Waals surface area contributed by atoms with Crippen LogP contribution in [-0.4, -0.2) is 20.2 Å². The standard InChI is InChI=1S/C17H17FN4S/c1-11-5-4-6-16(12(11)2)22-17(19-20-21-22)23-13(3)14-7-9-15(18)10-8-14/h4-10,13H,1-3H3/t13-/m1/s1. The van der Waals surface area contributed by atoms with Crippen LogP contribution in [0.5, 0.6) is 0 Å². The molecule has 0 aliphatic heterocycles. The minimum Gasteiger partial charge on any atom is -0.207 e. The first kappa shape index (κ1) is 15.7. The lowest BCUT2D eigenvalue weighted by Gasteiger charge is -2.13. The molecule has 0 radical (unpaired) electrons. The molecule has 0 aliphatic carbocycles. The molecule has 6 heteroatoms. The fraction of sp³-hybridized carbons (Fsp3) is 0.235. The van der Waals surface area contributed by atoms with E-state index >= 15 is 0 Å². The molecule has 0 unspecified atom stereocenters. The molecule has 1 atom stereocenters. The molecule has 0 fully saturated rings. The molecule has 4 nitrogen and oxygen atoms in total. The highest BCUT2D eigenvalue weighted by Crippen LogP contribution is 2.34. The Kier molecular flexibility index (Phi) is 4.43. The normalized spacial score (nSPS) is 12.3. The molecule has 0 N–H and O–H groups in total. The lowest BCUT2D eigenvalue weighted by atomic mass is 10.1. The Morgan fingerprint density at radius 1 is 1.09 bits per heavy atom. The van der Waals surface area contributed by atoms with E-state index in [4.69, 9.17) is 0 Å². The summed E-state index contributed by atoms with van der Waals surface area (Å²) in [4.78, 5) is 0. The summed E-state index contributed by atoms with van der Waals surface area (Å²) >= 11 is 1.55. The smallest absolute Gasteiger partial charge is 0.207 e. The third-order valence-corrected chi connectivity index (χ3v) is 4.96. The maximum atomic E-state index is 13.1. The van der Waals surface area contributed by atoms with Crippen LogP contribution in [-0.2, 0) is 0 Å². The third-order valence-electron chi connectivity index (χ3n) is 3.87. The van der Waals surface area contributed by atoms with Crippen molar-refractivity contribution in [1.29, 1.82) is 0 Å². The number of hydrogen-bond acceptors (Lipinski definition) is 4.